The monoisotopic (exact) mass is 284 g/mol. The van der Waals surface area contributed by atoms with Gasteiger partial charge in [0.2, 0.25) is 5.76 Å². The Morgan fingerprint density at radius 1 is 1.38 bits per heavy atom. The Morgan fingerprint density at radius 2 is 2.14 bits per heavy atom. The number of para-hydroxylation sites is 2. The number of carboxylic acids is 1. The summed E-state index contributed by atoms with van der Waals surface area (Å²) in [6.45, 7) is 4.27. The smallest absolute Gasteiger partial charge is 0.372 e. The van der Waals surface area contributed by atoms with E-state index in [2.05, 4.69) is 9.55 Å². The number of carbonyl (C=O) groups is 1. The van der Waals surface area contributed by atoms with Crippen molar-refractivity contribution in [3.8, 4) is 0 Å². The van der Waals surface area contributed by atoms with Gasteiger partial charge < -0.3 is 14.1 Å². The predicted molar refractivity (Wildman–Crippen MR) is 78.6 cm³/mol. The molecule has 108 valence electrons. The van der Waals surface area contributed by atoms with Gasteiger partial charge in [0.05, 0.1) is 17.6 Å². The standard InChI is InChI=1S/C16H16N2O3/c1-3-14-17-12-6-4-5-7-13(12)18(14)9-11-8-10(2)15(21-11)16(19)20/h4-8H,3,9H2,1-2H3,(H,19,20). The summed E-state index contributed by atoms with van der Waals surface area (Å²) in [5.41, 5.74) is 2.61. The zero-order valence-corrected chi connectivity index (χ0v) is 12.0. The maximum atomic E-state index is 11.1. The third-order valence-corrected chi connectivity index (χ3v) is 3.53. The van der Waals surface area contributed by atoms with Crippen molar-refractivity contribution in [3.05, 3.63) is 53.2 Å². The van der Waals surface area contributed by atoms with Crippen molar-refractivity contribution in [1.82, 2.24) is 9.55 Å². The minimum absolute atomic E-state index is 0.00692. The van der Waals surface area contributed by atoms with E-state index in [0.717, 1.165) is 23.3 Å². The Morgan fingerprint density at radius 3 is 2.81 bits per heavy atom. The molecule has 0 spiro atoms. The first-order chi connectivity index (χ1) is 10.1. The number of aryl methyl sites for hydroxylation is 2. The topological polar surface area (TPSA) is 68.3 Å². The number of nitrogens with zero attached hydrogens (tertiary/aromatic N) is 2. The van der Waals surface area contributed by atoms with E-state index in [1.165, 1.54) is 0 Å². The predicted octanol–water partition coefficient (Wildman–Crippen LogP) is 3.25. The first-order valence-electron chi connectivity index (χ1n) is 6.87. The van der Waals surface area contributed by atoms with Crippen LogP contribution in [-0.4, -0.2) is 20.6 Å². The Labute approximate surface area is 121 Å². The summed E-state index contributed by atoms with van der Waals surface area (Å²) >= 11 is 0. The average Bonchev–Trinajstić information content (AvgIpc) is 3.00. The van der Waals surface area contributed by atoms with Gasteiger partial charge in [-0.2, -0.15) is 0 Å². The van der Waals surface area contributed by atoms with Crippen LogP contribution >= 0.6 is 0 Å². The Kier molecular flexibility index (Phi) is 3.25. The number of hydrogen-bond donors (Lipinski definition) is 1. The molecule has 0 saturated heterocycles. The molecule has 0 aliphatic carbocycles. The van der Waals surface area contributed by atoms with Gasteiger partial charge in [-0.15, -0.1) is 0 Å². The van der Waals surface area contributed by atoms with Gasteiger partial charge in [0, 0.05) is 12.0 Å². The zero-order valence-electron chi connectivity index (χ0n) is 12.0. The van der Waals surface area contributed by atoms with E-state index in [1.54, 1.807) is 13.0 Å². The van der Waals surface area contributed by atoms with Crippen LogP contribution in [0.3, 0.4) is 0 Å². The molecular weight excluding hydrogens is 268 g/mol. The highest BCUT2D eigenvalue weighted by atomic mass is 16.4. The van der Waals surface area contributed by atoms with E-state index < -0.39 is 5.97 Å². The Hall–Kier alpha value is -2.56. The average molecular weight is 284 g/mol. The number of furan rings is 1. The summed E-state index contributed by atoms with van der Waals surface area (Å²) in [5.74, 6) is 0.558. The molecule has 3 rings (SSSR count). The number of fused-ring (bicyclic) bond motifs is 1. The van der Waals surface area contributed by atoms with Crippen LogP contribution in [0.25, 0.3) is 11.0 Å². The van der Waals surface area contributed by atoms with E-state index in [1.807, 2.05) is 31.2 Å². The van der Waals surface area contributed by atoms with Gasteiger partial charge in [0.1, 0.15) is 11.6 Å². The fourth-order valence-electron chi connectivity index (χ4n) is 2.57. The van der Waals surface area contributed by atoms with E-state index in [-0.39, 0.29) is 5.76 Å². The van der Waals surface area contributed by atoms with Gasteiger partial charge in [0.25, 0.3) is 0 Å². The van der Waals surface area contributed by atoms with Crippen LogP contribution in [0, 0.1) is 6.92 Å². The van der Waals surface area contributed by atoms with E-state index in [9.17, 15) is 4.79 Å². The van der Waals surface area contributed by atoms with Crippen LogP contribution in [0.4, 0.5) is 0 Å². The molecule has 2 heterocycles. The van der Waals surface area contributed by atoms with Crippen molar-refractivity contribution in [3.63, 3.8) is 0 Å². The molecule has 0 aliphatic rings. The van der Waals surface area contributed by atoms with Crippen molar-refractivity contribution < 1.29 is 14.3 Å². The maximum Gasteiger partial charge on any atom is 0.372 e. The highest BCUT2D eigenvalue weighted by Gasteiger charge is 2.16. The van der Waals surface area contributed by atoms with E-state index in [0.29, 0.717) is 17.9 Å². The molecule has 3 aromatic rings. The lowest BCUT2D eigenvalue weighted by Gasteiger charge is -2.05. The molecule has 1 aromatic carbocycles. The molecule has 5 heteroatoms. The molecule has 0 amide bonds. The van der Waals surface area contributed by atoms with Crippen LogP contribution in [0.1, 0.15) is 34.6 Å². The quantitative estimate of drug-likeness (QED) is 0.798. The minimum Gasteiger partial charge on any atom is -0.475 e. The molecule has 5 nitrogen and oxygen atoms in total. The number of carboxylic acid groups (broad SMARTS) is 1. The highest BCUT2D eigenvalue weighted by molar-refractivity contribution is 5.86. The van der Waals surface area contributed by atoms with Gasteiger partial charge in [-0.25, -0.2) is 9.78 Å². The number of aromatic nitrogens is 2. The van der Waals surface area contributed by atoms with Crippen LogP contribution < -0.4 is 0 Å². The van der Waals surface area contributed by atoms with E-state index >= 15 is 0 Å². The number of rotatable bonds is 4. The molecule has 0 bridgehead atoms. The second kappa shape index (κ2) is 5.09. The van der Waals surface area contributed by atoms with Gasteiger partial charge >= 0.3 is 5.97 Å². The molecule has 0 saturated carbocycles. The third kappa shape index (κ3) is 2.31. The normalized spacial score (nSPS) is 11.1. The van der Waals surface area contributed by atoms with Crippen molar-refractivity contribution >= 4 is 17.0 Å². The van der Waals surface area contributed by atoms with E-state index in [4.69, 9.17) is 9.52 Å². The molecule has 2 aromatic heterocycles. The van der Waals surface area contributed by atoms with Crippen LogP contribution in [-0.2, 0) is 13.0 Å². The number of hydrogen-bond acceptors (Lipinski definition) is 3. The summed E-state index contributed by atoms with van der Waals surface area (Å²) < 4.78 is 7.52. The lowest BCUT2D eigenvalue weighted by molar-refractivity contribution is 0.0659. The van der Waals surface area contributed by atoms with Crippen LogP contribution in [0.15, 0.2) is 34.7 Å². The zero-order chi connectivity index (χ0) is 15.0. The number of imidazole rings is 1. The summed E-state index contributed by atoms with van der Waals surface area (Å²) in [6, 6.07) is 9.68. The van der Waals surface area contributed by atoms with Gasteiger partial charge in [-0.3, -0.25) is 0 Å². The number of aromatic carboxylic acids is 1. The fraction of sp³-hybridized carbons (Fsp3) is 0.250. The van der Waals surface area contributed by atoms with Crippen molar-refractivity contribution in [1.29, 1.82) is 0 Å². The van der Waals surface area contributed by atoms with Crippen molar-refractivity contribution in [2.75, 3.05) is 0 Å². The molecular formula is C16H16N2O3. The Balaban J connectivity index is 2.05. The fourth-order valence-corrected chi connectivity index (χ4v) is 2.57. The summed E-state index contributed by atoms with van der Waals surface area (Å²) in [6.07, 6.45) is 0.806. The summed E-state index contributed by atoms with van der Waals surface area (Å²) in [7, 11) is 0. The first-order valence-corrected chi connectivity index (χ1v) is 6.87. The minimum atomic E-state index is -1.04. The molecule has 0 radical (unpaired) electrons. The molecule has 0 aliphatic heterocycles. The molecule has 0 atom stereocenters. The largest absolute Gasteiger partial charge is 0.475 e. The molecule has 0 unspecified atom stereocenters. The lowest BCUT2D eigenvalue weighted by Crippen LogP contribution is -2.03. The Bertz CT molecular complexity index is 814. The first kappa shape index (κ1) is 13.4. The second-order valence-electron chi connectivity index (χ2n) is 4.99. The maximum absolute atomic E-state index is 11.1. The SMILES string of the molecule is CCc1nc2ccccc2n1Cc1cc(C)c(C(=O)O)o1. The summed E-state index contributed by atoms with van der Waals surface area (Å²) in [4.78, 5) is 15.7. The van der Waals surface area contributed by atoms with Gasteiger partial charge in [-0.1, -0.05) is 19.1 Å². The lowest BCUT2D eigenvalue weighted by atomic mass is 10.2. The van der Waals surface area contributed by atoms with Crippen molar-refractivity contribution in [2.24, 2.45) is 0 Å². The molecule has 21 heavy (non-hydrogen) atoms. The van der Waals surface area contributed by atoms with Crippen LogP contribution in [0.2, 0.25) is 0 Å². The molecule has 0 fully saturated rings. The summed E-state index contributed by atoms with van der Waals surface area (Å²) in [5, 5.41) is 9.06. The van der Waals surface area contributed by atoms with Gasteiger partial charge in [0.15, 0.2) is 0 Å². The second-order valence-corrected chi connectivity index (χ2v) is 4.99. The van der Waals surface area contributed by atoms with Gasteiger partial charge in [-0.05, 0) is 25.1 Å². The molecule has 1 N–H and O–H groups in total. The van der Waals surface area contributed by atoms with Crippen molar-refractivity contribution in [2.45, 2.75) is 26.8 Å². The third-order valence-electron chi connectivity index (χ3n) is 3.53. The number of benzene rings is 1. The van der Waals surface area contributed by atoms with Crippen LogP contribution in [0.5, 0.6) is 0 Å². The highest BCUT2D eigenvalue weighted by Crippen LogP contribution is 2.21.